The smallest absolute Gasteiger partial charge is 0.407 e. The average molecular weight is 521 g/mol. The summed E-state index contributed by atoms with van der Waals surface area (Å²) in [7, 11) is 5.34. The molecule has 29 heavy (non-hydrogen) atoms. The van der Waals surface area contributed by atoms with Gasteiger partial charge in [0.15, 0.2) is 5.96 Å². The molecule has 1 aromatic carbocycles. The molecule has 1 unspecified atom stereocenters. The number of carbonyl (C=O) groups excluding carboxylic acids is 1. The molecule has 1 fully saturated rings. The van der Waals surface area contributed by atoms with Gasteiger partial charge in [0, 0.05) is 40.8 Å². The van der Waals surface area contributed by atoms with Crippen molar-refractivity contribution in [1.29, 1.82) is 0 Å². The van der Waals surface area contributed by atoms with E-state index in [2.05, 4.69) is 20.5 Å². The monoisotopic (exact) mass is 521 g/mol. The van der Waals surface area contributed by atoms with Crippen LogP contribution in [0.2, 0.25) is 0 Å². The molecule has 0 saturated carbocycles. The fourth-order valence-corrected chi connectivity index (χ4v) is 3.08. The van der Waals surface area contributed by atoms with E-state index in [0.29, 0.717) is 18.8 Å². The number of alkyl carbamates (subject to hydrolysis) is 1. The summed E-state index contributed by atoms with van der Waals surface area (Å²) in [5.41, 5.74) is 0.882. The van der Waals surface area contributed by atoms with E-state index in [0.717, 1.165) is 24.5 Å². The maximum Gasteiger partial charge on any atom is 0.407 e. The lowest BCUT2D eigenvalue weighted by Gasteiger charge is -2.23. The minimum atomic E-state index is -0.516. The lowest BCUT2D eigenvalue weighted by Crippen LogP contribution is -2.44. The predicted molar refractivity (Wildman–Crippen MR) is 126 cm³/mol. The minimum absolute atomic E-state index is 0. The number of likely N-dealkylation sites (tertiary alicyclic amines) is 1. The number of amides is 1. The quantitative estimate of drug-likeness (QED) is 0.362. The molecular weight excluding hydrogens is 488 g/mol. The number of aliphatic imine (C=N–C) groups is 1. The van der Waals surface area contributed by atoms with Gasteiger partial charge >= 0.3 is 6.09 Å². The van der Waals surface area contributed by atoms with Gasteiger partial charge in [-0.25, -0.2) is 9.18 Å². The van der Waals surface area contributed by atoms with Gasteiger partial charge in [-0.05, 0) is 44.9 Å². The molecule has 1 aromatic rings. The van der Waals surface area contributed by atoms with Gasteiger partial charge in [0.1, 0.15) is 11.4 Å². The second kappa shape index (κ2) is 10.8. The van der Waals surface area contributed by atoms with Crippen molar-refractivity contribution in [1.82, 2.24) is 15.5 Å². The number of anilines is 1. The van der Waals surface area contributed by atoms with E-state index < -0.39 is 11.7 Å². The SMILES string of the molecule is CN=C(NCc1ccc(N(C)C)c(F)c1)N1CCC(NC(=O)OC(C)(C)C)C1.I. The highest BCUT2D eigenvalue weighted by Crippen LogP contribution is 2.18. The Bertz CT molecular complexity index is 721. The van der Waals surface area contributed by atoms with E-state index in [4.69, 9.17) is 4.74 Å². The molecular formula is C20H33FIN5O2. The van der Waals surface area contributed by atoms with E-state index in [1.807, 2.05) is 40.9 Å². The van der Waals surface area contributed by atoms with Crippen LogP contribution in [0.1, 0.15) is 32.8 Å². The van der Waals surface area contributed by atoms with Crippen LogP contribution in [0.5, 0.6) is 0 Å². The number of carbonyl (C=O) groups is 1. The van der Waals surface area contributed by atoms with Crippen LogP contribution in [0.25, 0.3) is 0 Å². The van der Waals surface area contributed by atoms with Gasteiger partial charge in [-0.2, -0.15) is 0 Å². The van der Waals surface area contributed by atoms with Gasteiger partial charge in [0.25, 0.3) is 0 Å². The number of nitrogens with zero attached hydrogens (tertiary/aromatic N) is 3. The highest BCUT2D eigenvalue weighted by molar-refractivity contribution is 14.0. The Kier molecular flexibility index (Phi) is 9.44. The van der Waals surface area contributed by atoms with E-state index in [9.17, 15) is 9.18 Å². The second-order valence-electron chi connectivity index (χ2n) is 8.16. The molecule has 2 N–H and O–H groups in total. The number of guanidine groups is 1. The van der Waals surface area contributed by atoms with Crippen molar-refractivity contribution in [3.8, 4) is 0 Å². The summed E-state index contributed by atoms with van der Waals surface area (Å²) in [6.07, 6.45) is 0.408. The first-order chi connectivity index (χ1) is 13.1. The number of nitrogens with one attached hydrogen (secondary N) is 2. The molecule has 1 saturated heterocycles. The summed E-state index contributed by atoms with van der Waals surface area (Å²) in [6.45, 7) is 7.41. The fraction of sp³-hybridized carbons (Fsp3) is 0.600. The topological polar surface area (TPSA) is 69.2 Å². The Balaban J connectivity index is 0.00000420. The van der Waals surface area contributed by atoms with Crippen LogP contribution < -0.4 is 15.5 Å². The van der Waals surface area contributed by atoms with Crippen LogP contribution >= 0.6 is 24.0 Å². The minimum Gasteiger partial charge on any atom is -0.444 e. The van der Waals surface area contributed by atoms with Gasteiger partial charge in [-0.3, -0.25) is 4.99 Å². The van der Waals surface area contributed by atoms with Crippen LogP contribution in [0.4, 0.5) is 14.9 Å². The first-order valence-electron chi connectivity index (χ1n) is 9.50. The zero-order valence-corrected chi connectivity index (χ0v) is 20.4. The highest BCUT2D eigenvalue weighted by Gasteiger charge is 2.27. The third kappa shape index (κ3) is 7.87. The molecule has 0 spiro atoms. The molecule has 1 heterocycles. The van der Waals surface area contributed by atoms with Crippen molar-refractivity contribution >= 4 is 41.7 Å². The number of hydrogen-bond donors (Lipinski definition) is 2. The average Bonchev–Trinajstić information content (AvgIpc) is 3.01. The third-order valence-corrected chi connectivity index (χ3v) is 4.36. The van der Waals surface area contributed by atoms with E-state index in [1.54, 1.807) is 18.0 Å². The van der Waals surface area contributed by atoms with Crippen molar-refractivity contribution in [3.63, 3.8) is 0 Å². The van der Waals surface area contributed by atoms with Gasteiger partial charge in [-0.1, -0.05) is 6.07 Å². The molecule has 0 radical (unpaired) electrons. The van der Waals surface area contributed by atoms with E-state index in [-0.39, 0.29) is 35.8 Å². The summed E-state index contributed by atoms with van der Waals surface area (Å²) >= 11 is 0. The van der Waals surface area contributed by atoms with Gasteiger partial charge in [0.05, 0.1) is 11.7 Å². The van der Waals surface area contributed by atoms with Gasteiger partial charge < -0.3 is 25.2 Å². The Morgan fingerprint density at radius 3 is 2.62 bits per heavy atom. The number of hydrogen-bond acceptors (Lipinski definition) is 4. The number of benzene rings is 1. The van der Waals surface area contributed by atoms with Crippen molar-refractivity contribution in [2.45, 2.75) is 45.4 Å². The van der Waals surface area contributed by atoms with Crippen molar-refractivity contribution in [2.75, 3.05) is 39.1 Å². The Morgan fingerprint density at radius 1 is 1.38 bits per heavy atom. The maximum atomic E-state index is 14.1. The van der Waals surface area contributed by atoms with Gasteiger partial charge in [-0.15, -0.1) is 24.0 Å². The molecule has 2 rings (SSSR count). The number of ether oxygens (including phenoxy) is 1. The maximum absolute atomic E-state index is 14.1. The summed E-state index contributed by atoms with van der Waals surface area (Å²) < 4.78 is 19.4. The predicted octanol–water partition coefficient (Wildman–Crippen LogP) is 3.18. The summed E-state index contributed by atoms with van der Waals surface area (Å²) in [5, 5.41) is 6.17. The summed E-state index contributed by atoms with van der Waals surface area (Å²) in [4.78, 5) is 20.1. The van der Waals surface area contributed by atoms with E-state index >= 15 is 0 Å². The molecule has 1 aliphatic heterocycles. The van der Waals surface area contributed by atoms with Crippen molar-refractivity contribution in [3.05, 3.63) is 29.6 Å². The normalized spacial score (nSPS) is 16.9. The molecule has 9 heteroatoms. The first-order valence-corrected chi connectivity index (χ1v) is 9.50. The number of halogens is 2. The van der Waals surface area contributed by atoms with Gasteiger partial charge in [0.2, 0.25) is 0 Å². The van der Waals surface area contributed by atoms with Crippen LogP contribution in [-0.4, -0.2) is 62.8 Å². The highest BCUT2D eigenvalue weighted by atomic mass is 127. The lowest BCUT2D eigenvalue weighted by atomic mass is 10.2. The molecule has 1 aliphatic rings. The van der Waals surface area contributed by atoms with E-state index in [1.165, 1.54) is 6.07 Å². The first kappa shape index (κ1) is 25.3. The zero-order valence-electron chi connectivity index (χ0n) is 18.1. The molecule has 164 valence electrons. The second-order valence-corrected chi connectivity index (χ2v) is 8.16. The van der Waals surface area contributed by atoms with Crippen molar-refractivity contribution < 1.29 is 13.9 Å². The van der Waals surface area contributed by atoms with Crippen LogP contribution in [0.3, 0.4) is 0 Å². The standard InChI is InChI=1S/C20H32FN5O2.HI/c1-20(2,3)28-19(27)24-15-9-10-26(13-15)18(22-4)23-12-14-7-8-17(25(5)6)16(21)11-14;/h7-8,11,15H,9-10,12-13H2,1-6H3,(H,22,23)(H,24,27);1H. The summed E-state index contributed by atoms with van der Waals surface area (Å²) in [6, 6.07) is 5.21. The van der Waals surface area contributed by atoms with Crippen molar-refractivity contribution in [2.24, 2.45) is 4.99 Å². The Morgan fingerprint density at radius 2 is 2.07 bits per heavy atom. The largest absolute Gasteiger partial charge is 0.444 e. The molecule has 1 atom stereocenters. The molecule has 7 nitrogen and oxygen atoms in total. The lowest BCUT2D eigenvalue weighted by molar-refractivity contribution is 0.0507. The van der Waals surface area contributed by atoms with Crippen LogP contribution in [0.15, 0.2) is 23.2 Å². The van der Waals surface area contributed by atoms with Crippen LogP contribution in [0, 0.1) is 5.82 Å². The third-order valence-electron chi connectivity index (χ3n) is 4.36. The summed E-state index contributed by atoms with van der Waals surface area (Å²) in [5.74, 6) is 0.479. The molecule has 0 aromatic heterocycles. The molecule has 1 amide bonds. The fourth-order valence-electron chi connectivity index (χ4n) is 3.08. The molecule has 0 bridgehead atoms. The molecule has 0 aliphatic carbocycles. The Labute approximate surface area is 190 Å². The van der Waals surface area contributed by atoms with Crippen LogP contribution in [-0.2, 0) is 11.3 Å². The number of rotatable bonds is 4. The Hall–Kier alpha value is -1.78. The zero-order chi connectivity index (χ0) is 20.9.